The van der Waals surface area contributed by atoms with E-state index < -0.39 is 5.97 Å². The third-order valence-corrected chi connectivity index (χ3v) is 5.68. The van der Waals surface area contributed by atoms with Gasteiger partial charge in [-0.1, -0.05) is 6.07 Å². The molecule has 26 heavy (non-hydrogen) atoms. The van der Waals surface area contributed by atoms with Gasteiger partial charge in [-0.3, -0.25) is 0 Å². The Bertz CT molecular complexity index is 908. The van der Waals surface area contributed by atoms with Crippen LogP contribution in [-0.4, -0.2) is 38.2 Å². The molecule has 0 spiro atoms. The number of hydrogen-bond donors (Lipinski definition) is 0. The first-order valence-electron chi connectivity index (χ1n) is 8.63. The van der Waals surface area contributed by atoms with Crippen LogP contribution in [0.5, 0.6) is 0 Å². The van der Waals surface area contributed by atoms with Crippen molar-refractivity contribution < 1.29 is 14.3 Å². The summed E-state index contributed by atoms with van der Waals surface area (Å²) in [5.41, 5.74) is 3.51. The number of aryl methyl sites for hydroxylation is 2. The van der Waals surface area contributed by atoms with Gasteiger partial charge >= 0.3 is 5.97 Å². The standard InChI is InChI=1S/C20H20N2O3S/c1-13-3-4-15(11-14(13)2)19-21-17(20(23)25-19)12-16-5-6-18(26-16)22-7-9-24-10-8-22/h3-6,11-12H,7-10H2,1-2H3. The third-order valence-electron chi connectivity index (χ3n) is 4.59. The second-order valence-electron chi connectivity index (χ2n) is 6.41. The number of benzene rings is 1. The summed E-state index contributed by atoms with van der Waals surface area (Å²) in [6, 6.07) is 10.0. The molecule has 0 amide bonds. The van der Waals surface area contributed by atoms with Gasteiger partial charge in [-0.25, -0.2) is 9.79 Å². The molecule has 0 atom stereocenters. The number of thiophene rings is 1. The fourth-order valence-electron chi connectivity index (χ4n) is 2.92. The number of nitrogens with zero attached hydrogens (tertiary/aromatic N) is 2. The summed E-state index contributed by atoms with van der Waals surface area (Å²) in [5, 5.41) is 1.19. The molecule has 0 N–H and O–H groups in total. The summed E-state index contributed by atoms with van der Waals surface area (Å²) in [6.45, 7) is 7.39. The third kappa shape index (κ3) is 3.43. The van der Waals surface area contributed by atoms with E-state index in [0.29, 0.717) is 11.6 Å². The highest BCUT2D eigenvalue weighted by atomic mass is 32.1. The number of anilines is 1. The Balaban J connectivity index is 1.57. The minimum atomic E-state index is -0.403. The maximum atomic E-state index is 12.2. The van der Waals surface area contributed by atoms with E-state index in [1.54, 1.807) is 17.4 Å². The Morgan fingerprint density at radius 3 is 2.69 bits per heavy atom. The molecule has 1 aromatic heterocycles. The van der Waals surface area contributed by atoms with Crippen LogP contribution in [0.15, 0.2) is 41.0 Å². The Labute approximate surface area is 156 Å². The predicted octanol–water partition coefficient (Wildman–Crippen LogP) is 3.55. The lowest BCUT2D eigenvalue weighted by Crippen LogP contribution is -2.35. The van der Waals surface area contributed by atoms with Crippen molar-refractivity contribution in [3.63, 3.8) is 0 Å². The number of aliphatic imine (C=N–C) groups is 1. The first-order valence-corrected chi connectivity index (χ1v) is 9.44. The normalized spacial score (nSPS) is 19.0. The second kappa shape index (κ2) is 7.05. The highest BCUT2D eigenvalue weighted by molar-refractivity contribution is 7.16. The highest BCUT2D eigenvalue weighted by Crippen LogP contribution is 2.29. The lowest BCUT2D eigenvalue weighted by atomic mass is 10.1. The zero-order valence-electron chi connectivity index (χ0n) is 14.8. The summed E-state index contributed by atoms with van der Waals surface area (Å²) in [5.74, 6) is -0.0335. The van der Waals surface area contributed by atoms with Gasteiger partial charge in [0.05, 0.1) is 18.2 Å². The number of ether oxygens (including phenoxy) is 2. The molecular formula is C20H20N2O3S. The van der Waals surface area contributed by atoms with Crippen LogP contribution in [0.2, 0.25) is 0 Å². The van der Waals surface area contributed by atoms with Gasteiger partial charge in [0.15, 0.2) is 5.70 Å². The molecule has 0 saturated carbocycles. The Morgan fingerprint density at radius 1 is 1.12 bits per heavy atom. The average Bonchev–Trinajstić information content (AvgIpc) is 3.26. The van der Waals surface area contributed by atoms with Crippen LogP contribution in [0, 0.1) is 13.8 Å². The monoisotopic (exact) mass is 368 g/mol. The molecule has 2 aromatic rings. The van der Waals surface area contributed by atoms with E-state index in [4.69, 9.17) is 9.47 Å². The number of rotatable bonds is 3. The number of carbonyl (C=O) groups excluding carboxylic acids is 1. The smallest absolute Gasteiger partial charge is 0.363 e. The molecule has 5 nitrogen and oxygen atoms in total. The first-order chi connectivity index (χ1) is 12.6. The van der Waals surface area contributed by atoms with E-state index in [9.17, 15) is 4.79 Å². The Kier molecular flexibility index (Phi) is 4.61. The van der Waals surface area contributed by atoms with Crippen molar-refractivity contribution in [3.05, 3.63) is 57.6 Å². The van der Waals surface area contributed by atoms with Gasteiger partial charge in [0, 0.05) is 23.5 Å². The number of carbonyl (C=O) groups is 1. The zero-order valence-corrected chi connectivity index (χ0v) is 15.6. The van der Waals surface area contributed by atoms with Crippen molar-refractivity contribution >= 4 is 34.3 Å². The number of morpholine rings is 1. The van der Waals surface area contributed by atoms with Crippen molar-refractivity contribution in [1.29, 1.82) is 0 Å². The number of cyclic esters (lactones) is 1. The molecule has 1 aromatic carbocycles. The minimum absolute atomic E-state index is 0.341. The first kappa shape index (κ1) is 17.0. The van der Waals surface area contributed by atoms with E-state index in [0.717, 1.165) is 42.3 Å². The molecule has 0 aliphatic carbocycles. The summed E-state index contributed by atoms with van der Waals surface area (Å²) in [6.07, 6.45) is 1.80. The molecule has 2 aliphatic heterocycles. The molecule has 4 rings (SSSR count). The second-order valence-corrected chi connectivity index (χ2v) is 7.50. The topological polar surface area (TPSA) is 51.1 Å². The fraction of sp³-hybridized carbons (Fsp3) is 0.300. The van der Waals surface area contributed by atoms with Gasteiger partial charge in [-0.2, -0.15) is 0 Å². The van der Waals surface area contributed by atoms with Crippen LogP contribution in [0.1, 0.15) is 21.6 Å². The highest BCUT2D eigenvalue weighted by Gasteiger charge is 2.24. The summed E-state index contributed by atoms with van der Waals surface area (Å²) >= 11 is 1.65. The molecule has 1 saturated heterocycles. The summed E-state index contributed by atoms with van der Waals surface area (Å²) in [7, 11) is 0. The number of hydrogen-bond acceptors (Lipinski definition) is 6. The van der Waals surface area contributed by atoms with Crippen molar-refractivity contribution in [1.82, 2.24) is 0 Å². The van der Waals surface area contributed by atoms with Crippen molar-refractivity contribution in [2.45, 2.75) is 13.8 Å². The van der Waals surface area contributed by atoms with Crippen LogP contribution in [0.3, 0.4) is 0 Å². The lowest BCUT2D eigenvalue weighted by Gasteiger charge is -2.27. The van der Waals surface area contributed by atoms with Gasteiger partial charge in [-0.15, -0.1) is 11.3 Å². The fourth-order valence-corrected chi connectivity index (χ4v) is 3.91. The maximum Gasteiger partial charge on any atom is 0.363 e. The molecule has 0 unspecified atom stereocenters. The largest absolute Gasteiger partial charge is 0.402 e. The van der Waals surface area contributed by atoms with Gasteiger partial charge < -0.3 is 14.4 Å². The van der Waals surface area contributed by atoms with E-state index in [1.807, 2.05) is 31.2 Å². The van der Waals surface area contributed by atoms with Crippen LogP contribution in [-0.2, 0) is 14.3 Å². The van der Waals surface area contributed by atoms with Crippen molar-refractivity contribution in [3.8, 4) is 0 Å². The Morgan fingerprint density at radius 2 is 1.92 bits per heavy atom. The van der Waals surface area contributed by atoms with E-state index in [-0.39, 0.29) is 0 Å². The van der Waals surface area contributed by atoms with Crippen LogP contribution in [0.25, 0.3) is 6.08 Å². The summed E-state index contributed by atoms with van der Waals surface area (Å²) < 4.78 is 10.8. The van der Waals surface area contributed by atoms with E-state index in [1.165, 1.54) is 10.6 Å². The van der Waals surface area contributed by atoms with Gasteiger partial charge in [0.1, 0.15) is 0 Å². The molecule has 3 heterocycles. The lowest BCUT2D eigenvalue weighted by molar-refractivity contribution is -0.129. The minimum Gasteiger partial charge on any atom is -0.402 e. The van der Waals surface area contributed by atoms with Crippen LogP contribution in [0.4, 0.5) is 5.00 Å². The average molecular weight is 368 g/mol. The van der Waals surface area contributed by atoms with Gasteiger partial charge in [-0.05, 0) is 55.3 Å². The summed E-state index contributed by atoms with van der Waals surface area (Å²) in [4.78, 5) is 19.9. The van der Waals surface area contributed by atoms with E-state index >= 15 is 0 Å². The molecule has 2 aliphatic rings. The quantitative estimate of drug-likeness (QED) is 0.614. The van der Waals surface area contributed by atoms with Crippen molar-refractivity contribution in [2.24, 2.45) is 4.99 Å². The molecule has 0 bridgehead atoms. The SMILES string of the molecule is Cc1ccc(C2=NC(=Cc3ccc(N4CCOCC4)s3)C(=O)O2)cc1C. The molecule has 0 radical (unpaired) electrons. The van der Waals surface area contributed by atoms with E-state index in [2.05, 4.69) is 22.9 Å². The molecule has 134 valence electrons. The molecular weight excluding hydrogens is 348 g/mol. The van der Waals surface area contributed by atoms with Crippen LogP contribution < -0.4 is 4.90 Å². The predicted molar refractivity (Wildman–Crippen MR) is 104 cm³/mol. The Hall–Kier alpha value is -2.44. The van der Waals surface area contributed by atoms with Gasteiger partial charge in [0.2, 0.25) is 5.90 Å². The zero-order chi connectivity index (χ0) is 18.1. The van der Waals surface area contributed by atoms with Crippen LogP contribution >= 0.6 is 11.3 Å². The molecule has 6 heteroatoms. The maximum absolute atomic E-state index is 12.2. The number of esters is 1. The molecule has 1 fully saturated rings. The van der Waals surface area contributed by atoms with Gasteiger partial charge in [0.25, 0.3) is 0 Å². The van der Waals surface area contributed by atoms with Crippen molar-refractivity contribution in [2.75, 3.05) is 31.2 Å².